The standard InChI is InChI=1S/C67H83BN2/c1-62(2,3)45-22-26-51(27-23-45)69-57-29-24-46(63(4,5)6)37-54(57)68-55-38-47(64(7,8)9)25-30-58(55)70(60-40-50(67(16,17)18)39-59(69)61(60)68)56-28-21-43(52-32-41-19-20-42(52)31-41)35-53(56)44-33-48(65(10,11)12)36-49(34-44)66(13,14)15/h21-30,33-42,52H,19-20,31-32H2,1-18H3. The molecule has 2 saturated carbocycles. The SMILES string of the molecule is CC(C)(C)c1ccc(N2c3ccc(C(C)(C)C)cc3B3c4cc(C(C)(C)C)ccc4N(c4ccc(C5CC6CCC5C6)cc4-c4cc(C(C)(C)C)cc(C(C)(C)C)c4)c4cc(C(C)(C)C)cc2c43)cc1. The summed E-state index contributed by atoms with van der Waals surface area (Å²) in [5.41, 5.74) is 24.1. The summed E-state index contributed by atoms with van der Waals surface area (Å²) in [4.78, 5) is 5.35. The van der Waals surface area contributed by atoms with E-state index in [1.165, 1.54) is 126 Å². The Labute approximate surface area is 424 Å². The molecule has 10 rings (SSSR count). The molecule has 0 aromatic heterocycles. The van der Waals surface area contributed by atoms with Gasteiger partial charge in [0.1, 0.15) is 0 Å². The highest BCUT2D eigenvalue weighted by atomic mass is 15.2. The fourth-order valence-electron chi connectivity index (χ4n) is 12.5. The lowest BCUT2D eigenvalue weighted by Gasteiger charge is -2.46. The molecule has 0 amide bonds. The topological polar surface area (TPSA) is 6.48 Å². The van der Waals surface area contributed by atoms with E-state index in [1.54, 1.807) is 0 Å². The Morgan fingerprint density at radius 2 is 0.843 bits per heavy atom. The molecule has 4 aliphatic rings. The van der Waals surface area contributed by atoms with Crippen molar-refractivity contribution in [2.75, 3.05) is 9.80 Å². The minimum Gasteiger partial charge on any atom is -0.311 e. The molecule has 2 bridgehead atoms. The van der Waals surface area contributed by atoms with E-state index in [4.69, 9.17) is 0 Å². The molecule has 2 aliphatic carbocycles. The largest absolute Gasteiger partial charge is 0.311 e. The zero-order valence-corrected chi connectivity index (χ0v) is 46.4. The number of fused-ring (bicyclic) bond motifs is 6. The van der Waals surface area contributed by atoms with Crippen LogP contribution in [0, 0.1) is 11.8 Å². The van der Waals surface area contributed by atoms with Gasteiger partial charge in [-0.1, -0.05) is 192 Å². The lowest BCUT2D eigenvalue weighted by molar-refractivity contribution is 0.420. The van der Waals surface area contributed by atoms with Gasteiger partial charge in [0.2, 0.25) is 0 Å². The molecule has 6 aromatic rings. The first-order chi connectivity index (χ1) is 32.5. The van der Waals surface area contributed by atoms with Crippen LogP contribution >= 0.6 is 0 Å². The summed E-state index contributed by atoms with van der Waals surface area (Å²) >= 11 is 0. The molecule has 364 valence electrons. The van der Waals surface area contributed by atoms with Crippen LogP contribution in [-0.4, -0.2) is 6.71 Å². The van der Waals surface area contributed by atoms with Gasteiger partial charge < -0.3 is 9.80 Å². The number of anilines is 6. The Morgan fingerprint density at radius 1 is 0.386 bits per heavy atom. The molecule has 2 aliphatic heterocycles. The van der Waals surface area contributed by atoms with Crippen molar-refractivity contribution in [1.29, 1.82) is 0 Å². The molecule has 0 spiro atoms. The smallest absolute Gasteiger partial charge is 0.252 e. The summed E-state index contributed by atoms with van der Waals surface area (Å²) in [5.74, 6) is 2.29. The van der Waals surface area contributed by atoms with Gasteiger partial charge >= 0.3 is 0 Å². The van der Waals surface area contributed by atoms with Gasteiger partial charge in [0, 0.05) is 34.0 Å². The fraction of sp³-hybridized carbons (Fsp3) is 0.463. The third-order valence-electron chi connectivity index (χ3n) is 17.1. The zero-order valence-electron chi connectivity index (χ0n) is 46.4. The summed E-state index contributed by atoms with van der Waals surface area (Å²) in [7, 11) is 0. The van der Waals surface area contributed by atoms with Gasteiger partial charge in [-0.2, -0.15) is 0 Å². The van der Waals surface area contributed by atoms with E-state index < -0.39 is 0 Å². The van der Waals surface area contributed by atoms with E-state index >= 15 is 0 Å². The van der Waals surface area contributed by atoms with Crippen LogP contribution in [0.1, 0.15) is 195 Å². The highest BCUT2D eigenvalue weighted by Crippen LogP contribution is 2.55. The lowest BCUT2D eigenvalue weighted by atomic mass is 9.33. The summed E-state index contributed by atoms with van der Waals surface area (Å²) in [6.07, 6.45) is 5.50. The average molecular weight is 927 g/mol. The van der Waals surface area contributed by atoms with Gasteiger partial charge in [-0.05, 0) is 179 Å². The van der Waals surface area contributed by atoms with Gasteiger partial charge in [-0.3, -0.25) is 0 Å². The van der Waals surface area contributed by atoms with Crippen molar-refractivity contribution >= 4 is 57.2 Å². The maximum Gasteiger partial charge on any atom is 0.252 e. The Morgan fingerprint density at radius 3 is 1.31 bits per heavy atom. The third-order valence-corrected chi connectivity index (χ3v) is 17.1. The second kappa shape index (κ2) is 16.2. The summed E-state index contributed by atoms with van der Waals surface area (Å²) in [6, 6.07) is 44.9. The highest BCUT2D eigenvalue weighted by Gasteiger charge is 2.46. The number of benzene rings is 6. The van der Waals surface area contributed by atoms with E-state index in [0.717, 1.165) is 11.8 Å². The number of rotatable bonds is 4. The van der Waals surface area contributed by atoms with Crippen molar-refractivity contribution in [3.8, 4) is 11.1 Å². The average Bonchev–Trinajstić information content (AvgIpc) is 3.91. The van der Waals surface area contributed by atoms with E-state index in [1.807, 2.05) is 0 Å². The van der Waals surface area contributed by atoms with Crippen molar-refractivity contribution in [3.05, 3.63) is 148 Å². The van der Waals surface area contributed by atoms with Gasteiger partial charge in [0.25, 0.3) is 6.71 Å². The molecular formula is C67H83BN2. The first kappa shape index (κ1) is 48.6. The van der Waals surface area contributed by atoms with Crippen molar-refractivity contribution in [2.24, 2.45) is 11.8 Å². The predicted molar refractivity (Wildman–Crippen MR) is 306 cm³/mol. The van der Waals surface area contributed by atoms with E-state index in [0.29, 0.717) is 5.92 Å². The summed E-state index contributed by atoms with van der Waals surface area (Å²) in [5, 5.41) is 0. The molecule has 0 N–H and O–H groups in total. The van der Waals surface area contributed by atoms with Crippen LogP contribution in [0.3, 0.4) is 0 Å². The third kappa shape index (κ3) is 8.47. The van der Waals surface area contributed by atoms with E-state index in [2.05, 4.69) is 244 Å². The van der Waals surface area contributed by atoms with Gasteiger partial charge in [-0.15, -0.1) is 0 Å². The second-order valence-corrected chi connectivity index (χ2v) is 28.5. The summed E-state index contributed by atoms with van der Waals surface area (Å²) in [6.45, 7) is 42.7. The molecule has 2 nitrogen and oxygen atoms in total. The molecule has 3 atom stereocenters. The monoisotopic (exact) mass is 927 g/mol. The second-order valence-electron chi connectivity index (χ2n) is 28.5. The number of nitrogens with zero attached hydrogens (tertiary/aromatic N) is 2. The van der Waals surface area contributed by atoms with Crippen LogP contribution in [0.2, 0.25) is 0 Å². The fourth-order valence-corrected chi connectivity index (χ4v) is 12.5. The van der Waals surface area contributed by atoms with Crippen LogP contribution < -0.4 is 26.2 Å². The molecule has 2 heterocycles. The molecule has 2 fully saturated rings. The van der Waals surface area contributed by atoms with Gasteiger partial charge in [0.15, 0.2) is 0 Å². The van der Waals surface area contributed by atoms with Crippen molar-refractivity contribution < 1.29 is 0 Å². The molecule has 6 aromatic carbocycles. The summed E-state index contributed by atoms with van der Waals surface area (Å²) < 4.78 is 0. The lowest BCUT2D eigenvalue weighted by Crippen LogP contribution is -2.62. The molecular weight excluding hydrogens is 844 g/mol. The van der Waals surface area contributed by atoms with Crippen LogP contribution in [0.5, 0.6) is 0 Å². The van der Waals surface area contributed by atoms with Crippen molar-refractivity contribution in [1.82, 2.24) is 0 Å². The number of hydrogen-bond acceptors (Lipinski definition) is 2. The highest BCUT2D eigenvalue weighted by molar-refractivity contribution is 7.00. The van der Waals surface area contributed by atoms with Gasteiger partial charge in [0.05, 0.1) is 5.69 Å². The molecule has 3 unspecified atom stereocenters. The molecule has 70 heavy (non-hydrogen) atoms. The maximum absolute atomic E-state index is 2.73. The Kier molecular flexibility index (Phi) is 11.3. The molecule has 0 radical (unpaired) electrons. The molecule has 0 saturated heterocycles. The Balaban J connectivity index is 1.33. The van der Waals surface area contributed by atoms with Gasteiger partial charge in [-0.25, -0.2) is 0 Å². The first-order valence-electron chi connectivity index (χ1n) is 27.0. The van der Waals surface area contributed by atoms with Crippen LogP contribution in [0.15, 0.2) is 109 Å². The van der Waals surface area contributed by atoms with E-state index in [-0.39, 0.29) is 39.2 Å². The van der Waals surface area contributed by atoms with Crippen LogP contribution in [0.4, 0.5) is 34.1 Å². The van der Waals surface area contributed by atoms with Crippen molar-refractivity contribution in [3.63, 3.8) is 0 Å². The molecule has 3 heteroatoms. The Bertz CT molecular complexity index is 2980. The zero-order chi connectivity index (χ0) is 50.4. The van der Waals surface area contributed by atoms with Crippen molar-refractivity contribution in [2.45, 2.75) is 189 Å². The normalized spacial score (nSPS) is 19.1. The quantitative estimate of drug-likeness (QED) is 0.162. The van der Waals surface area contributed by atoms with E-state index in [9.17, 15) is 0 Å². The predicted octanol–water partition coefficient (Wildman–Crippen LogP) is 17.1. The Hall–Kier alpha value is -5.02. The minimum absolute atomic E-state index is 0.0132. The minimum atomic E-state index is -0.113. The van der Waals surface area contributed by atoms with Crippen LogP contribution in [0.25, 0.3) is 11.1 Å². The number of hydrogen-bond donors (Lipinski definition) is 0. The maximum atomic E-state index is 2.73. The van der Waals surface area contributed by atoms with Crippen LogP contribution in [-0.2, 0) is 32.5 Å². The first-order valence-corrected chi connectivity index (χ1v) is 27.0.